The van der Waals surface area contributed by atoms with Crippen LogP contribution in [0.3, 0.4) is 0 Å². The first-order valence-electron chi connectivity index (χ1n) is 11.3. The second kappa shape index (κ2) is 7.34. The first-order chi connectivity index (χ1) is 15.4. The van der Waals surface area contributed by atoms with Gasteiger partial charge in [-0.15, -0.1) is 13.2 Å². The monoisotopic (exact) mass is 449 g/mol. The molecule has 7 nitrogen and oxygen atoms in total. The van der Waals surface area contributed by atoms with Gasteiger partial charge in [-0.25, -0.2) is 9.97 Å². The Kier molecular flexibility index (Phi) is 4.66. The van der Waals surface area contributed by atoms with Crippen LogP contribution in [-0.4, -0.2) is 58.1 Å². The zero-order chi connectivity index (χ0) is 22.0. The van der Waals surface area contributed by atoms with Gasteiger partial charge < -0.3 is 19.8 Å². The molecule has 6 rings (SSSR count). The van der Waals surface area contributed by atoms with E-state index in [1.165, 1.54) is 25.1 Å². The van der Waals surface area contributed by atoms with Crippen LogP contribution in [0.4, 0.5) is 19.0 Å². The Bertz CT molecular complexity index is 1000. The Balaban J connectivity index is 1.23. The van der Waals surface area contributed by atoms with Crippen LogP contribution in [0, 0.1) is 11.8 Å². The summed E-state index contributed by atoms with van der Waals surface area (Å²) in [6.45, 7) is 3.68. The number of nitrogen functional groups attached to an aromatic ring is 1. The highest BCUT2D eigenvalue weighted by Crippen LogP contribution is 2.62. The third-order valence-electron chi connectivity index (χ3n) is 7.36. The maximum Gasteiger partial charge on any atom is 0.573 e. The predicted octanol–water partition coefficient (Wildman–Crippen LogP) is 3.59. The largest absolute Gasteiger partial charge is 0.573 e. The van der Waals surface area contributed by atoms with Crippen LogP contribution in [0.5, 0.6) is 5.75 Å². The number of alkyl halides is 3. The van der Waals surface area contributed by atoms with E-state index in [1.54, 1.807) is 0 Å². The lowest BCUT2D eigenvalue weighted by Gasteiger charge is -2.33. The first-order valence-corrected chi connectivity index (χ1v) is 11.3. The van der Waals surface area contributed by atoms with E-state index in [0.29, 0.717) is 41.1 Å². The van der Waals surface area contributed by atoms with Gasteiger partial charge in [0.15, 0.2) is 11.6 Å². The van der Waals surface area contributed by atoms with Gasteiger partial charge in [-0.2, -0.15) is 0 Å². The van der Waals surface area contributed by atoms with Crippen LogP contribution in [-0.2, 0) is 4.74 Å². The summed E-state index contributed by atoms with van der Waals surface area (Å²) in [5.74, 6) is 2.00. The Morgan fingerprint density at radius 1 is 1.12 bits per heavy atom. The van der Waals surface area contributed by atoms with Gasteiger partial charge in [0, 0.05) is 49.0 Å². The molecule has 0 amide bonds. The van der Waals surface area contributed by atoms with E-state index in [0.717, 1.165) is 45.0 Å². The van der Waals surface area contributed by atoms with E-state index in [-0.39, 0.29) is 5.82 Å². The van der Waals surface area contributed by atoms with Gasteiger partial charge in [-0.05, 0) is 43.6 Å². The summed E-state index contributed by atoms with van der Waals surface area (Å²) in [7, 11) is 0. The maximum atomic E-state index is 12.7. The molecule has 1 aliphatic heterocycles. The molecule has 4 aliphatic rings. The van der Waals surface area contributed by atoms with Crippen molar-refractivity contribution in [2.24, 2.45) is 11.8 Å². The lowest BCUT2D eigenvalue weighted by atomic mass is 10.1. The topological polar surface area (TPSA) is 78.4 Å². The second-order valence-corrected chi connectivity index (χ2v) is 9.41. The van der Waals surface area contributed by atoms with E-state index in [1.807, 2.05) is 6.20 Å². The Morgan fingerprint density at radius 2 is 1.84 bits per heavy atom. The highest BCUT2D eigenvalue weighted by Gasteiger charge is 2.58. The lowest BCUT2D eigenvalue weighted by Crippen LogP contribution is -2.43. The molecule has 4 atom stereocenters. The Hall–Kier alpha value is -2.33. The van der Waals surface area contributed by atoms with E-state index < -0.39 is 12.1 Å². The molecule has 0 aromatic carbocycles. The van der Waals surface area contributed by atoms with Crippen molar-refractivity contribution in [3.8, 4) is 17.0 Å². The third-order valence-corrected chi connectivity index (χ3v) is 7.36. The standard InChI is InChI=1S/C22H26F3N5O2/c23-22(24,25)32-18-7-13(10-27-20(18)26)17-11-30(21(28-17)12-1-2-12)19-15-8-14(9-16(15)19)29-3-5-31-6-4-29/h7,10-12,14-16,19H,1-6,8-9H2,(H2,26,27)/t14?,15-,16+,19+. The number of fused-ring (bicyclic) bond motifs is 1. The van der Waals surface area contributed by atoms with Crippen molar-refractivity contribution >= 4 is 5.82 Å². The summed E-state index contributed by atoms with van der Waals surface area (Å²) < 4.78 is 50.0. The normalized spacial score (nSPS) is 30.3. The molecular weight excluding hydrogens is 423 g/mol. The first kappa shape index (κ1) is 20.3. The number of hydrogen-bond acceptors (Lipinski definition) is 6. The van der Waals surface area contributed by atoms with Crippen molar-refractivity contribution < 1.29 is 22.6 Å². The second-order valence-electron chi connectivity index (χ2n) is 9.41. The van der Waals surface area contributed by atoms with Crippen LogP contribution in [0.25, 0.3) is 11.3 Å². The van der Waals surface area contributed by atoms with Gasteiger partial charge in [0.1, 0.15) is 5.82 Å². The van der Waals surface area contributed by atoms with Crippen LogP contribution in [0.15, 0.2) is 18.5 Å². The van der Waals surface area contributed by atoms with Crippen molar-refractivity contribution in [2.75, 3.05) is 32.0 Å². The zero-order valence-electron chi connectivity index (χ0n) is 17.6. The molecule has 3 heterocycles. The summed E-state index contributed by atoms with van der Waals surface area (Å²) in [5.41, 5.74) is 6.70. The molecule has 2 N–H and O–H groups in total. The number of morpholine rings is 1. The average Bonchev–Trinajstić information content (AvgIpc) is 3.63. The minimum Gasteiger partial charge on any atom is -0.402 e. The number of ether oxygens (including phenoxy) is 2. The van der Waals surface area contributed by atoms with E-state index in [2.05, 4.69) is 19.2 Å². The number of aromatic nitrogens is 3. The molecule has 1 unspecified atom stereocenters. The number of imidazole rings is 1. The molecule has 3 aliphatic carbocycles. The van der Waals surface area contributed by atoms with Gasteiger partial charge in [0.05, 0.1) is 18.9 Å². The van der Waals surface area contributed by atoms with Crippen LogP contribution in [0.2, 0.25) is 0 Å². The molecule has 4 fully saturated rings. The van der Waals surface area contributed by atoms with Crippen molar-refractivity contribution in [1.29, 1.82) is 0 Å². The summed E-state index contributed by atoms with van der Waals surface area (Å²) in [4.78, 5) is 11.3. The van der Waals surface area contributed by atoms with Crippen molar-refractivity contribution in [3.05, 3.63) is 24.3 Å². The molecule has 0 spiro atoms. The molecule has 1 saturated heterocycles. The average molecular weight is 449 g/mol. The highest BCUT2D eigenvalue weighted by molar-refractivity contribution is 5.64. The zero-order valence-corrected chi connectivity index (χ0v) is 17.6. The molecule has 32 heavy (non-hydrogen) atoms. The van der Waals surface area contributed by atoms with Gasteiger partial charge in [-0.3, -0.25) is 4.90 Å². The van der Waals surface area contributed by atoms with E-state index in [9.17, 15) is 13.2 Å². The summed E-state index contributed by atoms with van der Waals surface area (Å²) in [6, 6.07) is 2.36. The van der Waals surface area contributed by atoms with Crippen molar-refractivity contribution in [1.82, 2.24) is 19.4 Å². The molecule has 3 saturated carbocycles. The minimum absolute atomic E-state index is 0.293. The quantitative estimate of drug-likeness (QED) is 0.752. The number of hydrogen-bond donors (Lipinski definition) is 1. The molecule has 10 heteroatoms. The lowest BCUT2D eigenvalue weighted by molar-refractivity contribution is -0.274. The fraction of sp³-hybridized carbons (Fsp3) is 0.636. The minimum atomic E-state index is -4.82. The SMILES string of the molecule is Nc1ncc(-c2cn([C@H]3[C@@H]4CC(N5CCOCC5)C[C@@H]43)c(C3CC3)n2)cc1OC(F)(F)F. The third kappa shape index (κ3) is 3.73. The highest BCUT2D eigenvalue weighted by atomic mass is 19.4. The molecule has 2 aromatic rings. The van der Waals surface area contributed by atoms with Gasteiger partial charge in [0.2, 0.25) is 0 Å². The summed E-state index contributed by atoms with van der Waals surface area (Å²) >= 11 is 0. The van der Waals surface area contributed by atoms with Gasteiger partial charge >= 0.3 is 6.36 Å². The molecule has 2 aromatic heterocycles. The number of anilines is 1. The number of rotatable bonds is 5. The fourth-order valence-corrected chi connectivity index (χ4v) is 5.66. The van der Waals surface area contributed by atoms with Gasteiger partial charge in [-0.1, -0.05) is 0 Å². The fourth-order valence-electron chi connectivity index (χ4n) is 5.66. The van der Waals surface area contributed by atoms with Crippen LogP contribution in [0.1, 0.15) is 43.5 Å². The Morgan fingerprint density at radius 3 is 2.50 bits per heavy atom. The molecular formula is C22H26F3N5O2. The van der Waals surface area contributed by atoms with Crippen molar-refractivity contribution in [3.63, 3.8) is 0 Å². The summed E-state index contributed by atoms with van der Waals surface area (Å²) in [6.07, 6.45) is 3.24. The number of nitrogens with two attached hydrogens (primary N) is 1. The maximum absolute atomic E-state index is 12.7. The number of nitrogens with zero attached hydrogens (tertiary/aromatic N) is 4. The van der Waals surface area contributed by atoms with Gasteiger partial charge in [0.25, 0.3) is 0 Å². The molecule has 0 bridgehead atoms. The van der Waals surface area contributed by atoms with E-state index in [4.69, 9.17) is 15.5 Å². The van der Waals surface area contributed by atoms with E-state index >= 15 is 0 Å². The summed E-state index contributed by atoms with van der Waals surface area (Å²) in [5, 5.41) is 0. The molecule has 172 valence electrons. The Labute approximate surface area is 183 Å². The molecule has 0 radical (unpaired) electrons. The van der Waals surface area contributed by atoms with Crippen molar-refractivity contribution in [2.45, 2.75) is 50.0 Å². The predicted molar refractivity (Wildman–Crippen MR) is 110 cm³/mol. The number of pyridine rings is 1. The van der Waals surface area contributed by atoms with Crippen LogP contribution < -0.4 is 10.5 Å². The smallest absolute Gasteiger partial charge is 0.402 e. The number of halogens is 3. The van der Waals surface area contributed by atoms with Crippen LogP contribution >= 0.6 is 0 Å².